The summed E-state index contributed by atoms with van der Waals surface area (Å²) in [5.74, 6) is -0.894. The predicted octanol–water partition coefficient (Wildman–Crippen LogP) is 15.4. The van der Waals surface area contributed by atoms with Crippen molar-refractivity contribution in [3.63, 3.8) is 0 Å². The number of allylic oxidation sites excluding steroid dienone is 6. The van der Waals surface area contributed by atoms with Crippen LogP contribution >= 0.6 is 0 Å². The maximum absolute atomic E-state index is 12.7. The van der Waals surface area contributed by atoms with Crippen molar-refractivity contribution >= 4 is 17.9 Å². The maximum atomic E-state index is 12.7. The summed E-state index contributed by atoms with van der Waals surface area (Å²) in [4.78, 5) is 37.6. The Morgan fingerprint density at radius 2 is 0.643 bits per heavy atom. The number of hydrogen-bond donors (Lipinski definition) is 0. The van der Waals surface area contributed by atoms with Crippen molar-refractivity contribution in [1.82, 2.24) is 0 Å². The molecule has 0 aromatic carbocycles. The van der Waals surface area contributed by atoms with Gasteiger partial charge < -0.3 is 14.2 Å². The van der Waals surface area contributed by atoms with Gasteiger partial charge in [0.05, 0.1) is 0 Å². The van der Waals surface area contributed by atoms with Gasteiger partial charge in [-0.1, -0.05) is 205 Å². The second kappa shape index (κ2) is 45.3. The summed E-state index contributed by atoms with van der Waals surface area (Å²) in [7, 11) is 0. The number of hydrogen-bond acceptors (Lipinski definition) is 6. The zero-order valence-corrected chi connectivity index (χ0v) is 37.2. The van der Waals surface area contributed by atoms with E-state index in [-0.39, 0.29) is 31.1 Å². The van der Waals surface area contributed by atoms with Gasteiger partial charge in [-0.2, -0.15) is 0 Å². The summed E-state index contributed by atoms with van der Waals surface area (Å²) in [6.45, 7) is 6.55. The van der Waals surface area contributed by atoms with Gasteiger partial charge in [-0.05, 0) is 57.8 Å². The van der Waals surface area contributed by atoms with Crippen molar-refractivity contribution in [2.75, 3.05) is 13.2 Å². The van der Waals surface area contributed by atoms with E-state index in [1.807, 2.05) is 0 Å². The molecular formula is C50H90O6. The summed E-state index contributed by atoms with van der Waals surface area (Å²) in [5.41, 5.74) is 0. The third-order valence-electron chi connectivity index (χ3n) is 10.4. The maximum Gasteiger partial charge on any atom is 0.306 e. The quantitative estimate of drug-likeness (QED) is 0.0265. The number of unbranched alkanes of at least 4 members (excludes halogenated alkanes) is 26. The molecule has 1 atom stereocenters. The zero-order valence-electron chi connectivity index (χ0n) is 37.2. The van der Waals surface area contributed by atoms with Crippen LogP contribution in [0.1, 0.15) is 245 Å². The molecule has 0 rings (SSSR count). The van der Waals surface area contributed by atoms with Crippen LogP contribution in [0.25, 0.3) is 0 Å². The van der Waals surface area contributed by atoms with E-state index in [0.717, 1.165) is 77.0 Å². The molecule has 0 fully saturated rings. The van der Waals surface area contributed by atoms with Crippen LogP contribution in [0.3, 0.4) is 0 Å². The summed E-state index contributed by atoms with van der Waals surface area (Å²) < 4.78 is 16.6. The molecule has 0 amide bonds. The summed E-state index contributed by atoms with van der Waals surface area (Å²) in [6.07, 6.45) is 51.5. The molecule has 0 aromatic rings. The Bertz CT molecular complexity index is 953. The van der Waals surface area contributed by atoms with E-state index in [9.17, 15) is 14.4 Å². The fraction of sp³-hybridized carbons (Fsp3) is 0.820. The first-order valence-electron chi connectivity index (χ1n) is 24.0. The van der Waals surface area contributed by atoms with E-state index in [4.69, 9.17) is 14.2 Å². The fourth-order valence-corrected chi connectivity index (χ4v) is 6.74. The zero-order chi connectivity index (χ0) is 40.8. The van der Waals surface area contributed by atoms with Gasteiger partial charge in [0.1, 0.15) is 13.2 Å². The van der Waals surface area contributed by atoms with Gasteiger partial charge in [0.2, 0.25) is 0 Å². The summed E-state index contributed by atoms with van der Waals surface area (Å²) in [6, 6.07) is 0. The van der Waals surface area contributed by atoms with Crippen LogP contribution in [0.4, 0.5) is 0 Å². The predicted molar refractivity (Wildman–Crippen MR) is 238 cm³/mol. The Balaban J connectivity index is 4.20. The molecule has 0 saturated heterocycles. The summed E-state index contributed by atoms with van der Waals surface area (Å²) in [5, 5.41) is 0. The van der Waals surface area contributed by atoms with Gasteiger partial charge in [0, 0.05) is 19.3 Å². The molecule has 0 radical (unpaired) electrons. The van der Waals surface area contributed by atoms with E-state index < -0.39 is 6.10 Å². The second-order valence-corrected chi connectivity index (χ2v) is 16.0. The van der Waals surface area contributed by atoms with Gasteiger partial charge in [0.15, 0.2) is 6.10 Å². The molecule has 0 aliphatic carbocycles. The van der Waals surface area contributed by atoms with Crippen LogP contribution in [-0.4, -0.2) is 37.2 Å². The molecule has 0 N–H and O–H groups in total. The van der Waals surface area contributed by atoms with Crippen molar-refractivity contribution in [2.45, 2.75) is 252 Å². The first-order chi connectivity index (χ1) is 27.5. The van der Waals surface area contributed by atoms with E-state index in [0.29, 0.717) is 19.3 Å². The molecule has 326 valence electrons. The van der Waals surface area contributed by atoms with Crippen molar-refractivity contribution in [1.29, 1.82) is 0 Å². The minimum atomic E-state index is -0.769. The van der Waals surface area contributed by atoms with Gasteiger partial charge in [-0.25, -0.2) is 0 Å². The Morgan fingerprint density at radius 1 is 0.357 bits per heavy atom. The van der Waals surface area contributed by atoms with E-state index in [2.05, 4.69) is 57.2 Å². The molecule has 0 aliphatic heterocycles. The van der Waals surface area contributed by atoms with Crippen LogP contribution in [0, 0.1) is 0 Å². The smallest absolute Gasteiger partial charge is 0.306 e. The first-order valence-corrected chi connectivity index (χ1v) is 24.0. The third kappa shape index (κ3) is 42.8. The standard InChI is InChI=1S/C50H90O6/c1-4-7-10-13-16-18-20-21-22-23-24-25-26-27-28-29-31-32-34-37-40-43-49(52)55-46-47(45-54-48(51)42-39-36-15-12-9-6-3)56-50(53)44-41-38-35-33-30-19-17-14-11-8-5-2/h20-21,23-24,26-27,47H,4-19,22,25,28-46H2,1-3H3/b21-20-,24-23-,27-26-. The lowest BCUT2D eigenvalue weighted by atomic mass is 10.1. The Labute approximate surface area is 346 Å². The van der Waals surface area contributed by atoms with E-state index >= 15 is 0 Å². The first kappa shape index (κ1) is 53.6. The minimum absolute atomic E-state index is 0.0746. The molecule has 56 heavy (non-hydrogen) atoms. The molecule has 6 nitrogen and oxygen atoms in total. The molecule has 6 heteroatoms. The molecule has 1 unspecified atom stereocenters. The Morgan fingerprint density at radius 3 is 1.00 bits per heavy atom. The lowest BCUT2D eigenvalue weighted by molar-refractivity contribution is -0.167. The molecule has 0 aliphatic rings. The largest absolute Gasteiger partial charge is 0.462 e. The van der Waals surface area contributed by atoms with Crippen LogP contribution in [0.2, 0.25) is 0 Å². The van der Waals surface area contributed by atoms with Crippen LogP contribution in [0.15, 0.2) is 36.5 Å². The SMILES string of the molecule is CCCCCCC/C=C\C/C=C\C/C=C\CCCCCCCCC(=O)OCC(COC(=O)CCCCCCCC)OC(=O)CCCCCCCCCCCCC. The lowest BCUT2D eigenvalue weighted by Crippen LogP contribution is -2.30. The number of ether oxygens (including phenoxy) is 3. The second-order valence-electron chi connectivity index (χ2n) is 16.0. The molecule has 0 bridgehead atoms. The highest BCUT2D eigenvalue weighted by atomic mass is 16.6. The molecule has 0 saturated carbocycles. The molecule has 0 heterocycles. The lowest BCUT2D eigenvalue weighted by Gasteiger charge is -2.18. The number of carbonyl (C=O) groups is 3. The number of esters is 3. The molecule has 0 spiro atoms. The highest BCUT2D eigenvalue weighted by Crippen LogP contribution is 2.14. The van der Waals surface area contributed by atoms with E-state index in [1.165, 1.54) is 128 Å². The Hall–Kier alpha value is -2.37. The highest BCUT2D eigenvalue weighted by Gasteiger charge is 2.19. The van der Waals surface area contributed by atoms with Gasteiger partial charge in [-0.3, -0.25) is 14.4 Å². The topological polar surface area (TPSA) is 78.9 Å². The van der Waals surface area contributed by atoms with Crippen molar-refractivity contribution in [2.24, 2.45) is 0 Å². The monoisotopic (exact) mass is 787 g/mol. The molecular weight excluding hydrogens is 697 g/mol. The fourth-order valence-electron chi connectivity index (χ4n) is 6.74. The van der Waals surface area contributed by atoms with Crippen LogP contribution in [0.5, 0.6) is 0 Å². The van der Waals surface area contributed by atoms with Crippen molar-refractivity contribution in [3.05, 3.63) is 36.5 Å². The number of rotatable bonds is 43. The number of carbonyl (C=O) groups excluding carboxylic acids is 3. The average Bonchev–Trinajstić information content (AvgIpc) is 3.19. The highest BCUT2D eigenvalue weighted by molar-refractivity contribution is 5.71. The summed E-state index contributed by atoms with van der Waals surface area (Å²) >= 11 is 0. The van der Waals surface area contributed by atoms with Gasteiger partial charge in [-0.15, -0.1) is 0 Å². The van der Waals surface area contributed by atoms with Crippen molar-refractivity contribution in [3.8, 4) is 0 Å². The van der Waals surface area contributed by atoms with E-state index in [1.54, 1.807) is 0 Å². The average molecular weight is 787 g/mol. The van der Waals surface area contributed by atoms with Crippen LogP contribution < -0.4 is 0 Å². The van der Waals surface area contributed by atoms with Crippen LogP contribution in [-0.2, 0) is 28.6 Å². The third-order valence-corrected chi connectivity index (χ3v) is 10.4. The molecule has 0 aromatic heterocycles. The van der Waals surface area contributed by atoms with Gasteiger partial charge in [0.25, 0.3) is 0 Å². The Kier molecular flexibility index (Phi) is 43.4. The van der Waals surface area contributed by atoms with Gasteiger partial charge >= 0.3 is 17.9 Å². The van der Waals surface area contributed by atoms with Crippen molar-refractivity contribution < 1.29 is 28.6 Å². The minimum Gasteiger partial charge on any atom is -0.462 e. The normalized spacial score (nSPS) is 12.3.